The van der Waals surface area contributed by atoms with Crippen molar-refractivity contribution < 1.29 is 19.7 Å². The summed E-state index contributed by atoms with van der Waals surface area (Å²) in [7, 11) is 0. The van der Waals surface area contributed by atoms with E-state index in [4.69, 9.17) is 9.84 Å². The van der Waals surface area contributed by atoms with Crippen LogP contribution in [0.2, 0.25) is 0 Å². The number of aromatic carboxylic acids is 1. The van der Waals surface area contributed by atoms with Gasteiger partial charge in [0, 0.05) is 40.8 Å². The van der Waals surface area contributed by atoms with Gasteiger partial charge in [0.05, 0.1) is 11.7 Å². The van der Waals surface area contributed by atoms with Gasteiger partial charge in [0.1, 0.15) is 11.9 Å². The smallest absolute Gasteiger partial charge is 0.335 e. The minimum Gasteiger partial charge on any atom is -0.489 e. The molecule has 160 valence electrons. The number of fused-ring (bicyclic) bond motifs is 1. The summed E-state index contributed by atoms with van der Waals surface area (Å²) >= 11 is 1.54. The van der Waals surface area contributed by atoms with Crippen LogP contribution in [-0.4, -0.2) is 40.4 Å². The van der Waals surface area contributed by atoms with Crippen LogP contribution in [0.15, 0.2) is 76.8 Å². The molecule has 0 spiro atoms. The van der Waals surface area contributed by atoms with E-state index in [2.05, 4.69) is 16.4 Å². The molecule has 4 rings (SSSR count). The molecule has 6 nitrogen and oxygen atoms in total. The molecule has 2 atom stereocenters. The largest absolute Gasteiger partial charge is 0.489 e. The maximum absolute atomic E-state index is 11.2. The van der Waals surface area contributed by atoms with Gasteiger partial charge < -0.3 is 20.3 Å². The van der Waals surface area contributed by atoms with E-state index in [0.717, 1.165) is 39.5 Å². The second-order valence-electron chi connectivity index (χ2n) is 7.44. The maximum Gasteiger partial charge on any atom is 0.335 e. The molecule has 0 saturated carbocycles. The molecular formula is C24H24N2O4S. The summed E-state index contributed by atoms with van der Waals surface area (Å²) in [5.41, 5.74) is 2.24. The number of hydrogen-bond donors (Lipinski definition) is 3. The minimum atomic E-state index is -0.922. The summed E-state index contributed by atoms with van der Waals surface area (Å²) in [6.45, 7) is 1.11. The van der Waals surface area contributed by atoms with Crippen molar-refractivity contribution in [2.45, 2.75) is 34.8 Å². The molecule has 2 heterocycles. The Morgan fingerprint density at radius 2 is 2.06 bits per heavy atom. The number of carbonyl (C=O) groups is 1. The first kappa shape index (κ1) is 21.4. The zero-order chi connectivity index (χ0) is 21.6. The van der Waals surface area contributed by atoms with E-state index in [-0.39, 0.29) is 11.7 Å². The van der Waals surface area contributed by atoms with Crippen LogP contribution in [-0.2, 0) is 6.42 Å². The van der Waals surface area contributed by atoms with Crippen molar-refractivity contribution in [3.63, 3.8) is 0 Å². The van der Waals surface area contributed by atoms with Gasteiger partial charge in [-0.05, 0) is 60.9 Å². The molecule has 2 unspecified atom stereocenters. The fourth-order valence-corrected chi connectivity index (χ4v) is 4.47. The Morgan fingerprint density at radius 3 is 2.87 bits per heavy atom. The molecule has 0 amide bonds. The molecule has 0 saturated heterocycles. The Kier molecular flexibility index (Phi) is 6.86. The molecule has 0 aliphatic carbocycles. The Hall–Kier alpha value is -2.87. The number of aromatic nitrogens is 1. The van der Waals surface area contributed by atoms with Crippen LogP contribution in [0, 0.1) is 0 Å². The Bertz CT molecular complexity index is 1040. The standard InChI is InChI=1S/C24H24N2O4S/c27-22(18-4-2-10-25-13-18)15-26-14-19-7-6-16-11-21(8-9-23(16)30-19)31-20-5-1-3-17(12-20)24(28)29/h1-5,8-13,19,22,26-27H,6-7,14-15H2,(H,28,29). The van der Waals surface area contributed by atoms with E-state index < -0.39 is 12.1 Å². The fourth-order valence-electron chi connectivity index (χ4n) is 3.53. The second kappa shape index (κ2) is 9.96. The first-order chi connectivity index (χ1) is 15.1. The van der Waals surface area contributed by atoms with Gasteiger partial charge in [-0.2, -0.15) is 0 Å². The van der Waals surface area contributed by atoms with E-state index in [1.165, 1.54) is 0 Å². The molecule has 0 bridgehead atoms. The molecule has 3 aromatic rings. The number of aryl methyl sites for hydroxylation is 1. The monoisotopic (exact) mass is 436 g/mol. The molecule has 1 aliphatic heterocycles. The van der Waals surface area contributed by atoms with E-state index in [1.54, 1.807) is 42.4 Å². The predicted octanol–water partition coefficient (Wildman–Crippen LogP) is 3.95. The van der Waals surface area contributed by atoms with Crippen LogP contribution in [0.1, 0.15) is 34.0 Å². The number of ether oxygens (including phenoxy) is 1. The third kappa shape index (κ3) is 5.64. The highest BCUT2D eigenvalue weighted by Crippen LogP contribution is 2.34. The molecular weight excluding hydrogens is 412 g/mol. The number of benzene rings is 2. The first-order valence-electron chi connectivity index (χ1n) is 10.2. The van der Waals surface area contributed by atoms with Crippen LogP contribution in [0.5, 0.6) is 5.75 Å². The number of rotatable bonds is 8. The van der Waals surface area contributed by atoms with E-state index >= 15 is 0 Å². The lowest BCUT2D eigenvalue weighted by atomic mass is 10.0. The van der Waals surface area contributed by atoms with Gasteiger partial charge in [-0.1, -0.05) is 23.9 Å². The highest BCUT2D eigenvalue weighted by molar-refractivity contribution is 7.99. The first-order valence-corrected chi connectivity index (χ1v) is 11.0. The van der Waals surface area contributed by atoms with E-state index in [9.17, 15) is 9.90 Å². The fraction of sp³-hybridized carbons (Fsp3) is 0.250. The van der Waals surface area contributed by atoms with Crippen molar-refractivity contribution in [3.05, 3.63) is 83.7 Å². The minimum absolute atomic E-state index is 0.0550. The summed E-state index contributed by atoms with van der Waals surface area (Å²) in [5.74, 6) is -0.0385. The molecule has 7 heteroatoms. The number of nitrogens with zero attached hydrogens (tertiary/aromatic N) is 1. The van der Waals surface area contributed by atoms with Gasteiger partial charge in [-0.15, -0.1) is 0 Å². The Balaban J connectivity index is 1.31. The van der Waals surface area contributed by atoms with Gasteiger partial charge in [0.15, 0.2) is 0 Å². The lowest BCUT2D eigenvalue weighted by Crippen LogP contribution is -2.36. The molecule has 2 aromatic carbocycles. The van der Waals surface area contributed by atoms with Crippen molar-refractivity contribution in [1.82, 2.24) is 10.3 Å². The lowest BCUT2D eigenvalue weighted by Gasteiger charge is -2.27. The zero-order valence-corrected chi connectivity index (χ0v) is 17.7. The third-order valence-electron chi connectivity index (χ3n) is 5.16. The zero-order valence-electron chi connectivity index (χ0n) is 16.9. The Labute approximate surface area is 185 Å². The summed E-state index contributed by atoms with van der Waals surface area (Å²) in [4.78, 5) is 17.1. The average molecular weight is 437 g/mol. The summed E-state index contributed by atoms with van der Waals surface area (Å²) in [6.07, 6.45) is 4.63. The summed E-state index contributed by atoms with van der Waals surface area (Å²) in [6, 6.07) is 16.7. The highest BCUT2D eigenvalue weighted by Gasteiger charge is 2.20. The number of hydrogen-bond acceptors (Lipinski definition) is 6. The second-order valence-corrected chi connectivity index (χ2v) is 8.59. The van der Waals surface area contributed by atoms with Crippen molar-refractivity contribution in [3.8, 4) is 5.75 Å². The van der Waals surface area contributed by atoms with Crippen molar-refractivity contribution >= 4 is 17.7 Å². The average Bonchev–Trinajstić information content (AvgIpc) is 2.80. The predicted molar refractivity (Wildman–Crippen MR) is 119 cm³/mol. The SMILES string of the molecule is O=C(O)c1cccc(Sc2ccc3c(c2)CCC(CNCC(O)c2cccnc2)O3)c1. The molecule has 0 radical (unpaired) electrons. The number of aliphatic hydroxyl groups excluding tert-OH is 1. The van der Waals surface area contributed by atoms with Gasteiger partial charge in [0.2, 0.25) is 0 Å². The van der Waals surface area contributed by atoms with E-state index in [0.29, 0.717) is 13.1 Å². The van der Waals surface area contributed by atoms with Crippen molar-refractivity contribution in [2.75, 3.05) is 13.1 Å². The Morgan fingerprint density at radius 1 is 1.19 bits per heavy atom. The van der Waals surface area contributed by atoms with Crippen LogP contribution in [0.4, 0.5) is 0 Å². The molecule has 3 N–H and O–H groups in total. The van der Waals surface area contributed by atoms with Crippen LogP contribution < -0.4 is 10.1 Å². The van der Waals surface area contributed by atoms with Gasteiger partial charge >= 0.3 is 5.97 Å². The molecule has 1 aromatic heterocycles. The lowest BCUT2D eigenvalue weighted by molar-refractivity contribution is 0.0696. The quantitative estimate of drug-likeness (QED) is 0.492. The number of aliphatic hydroxyl groups is 1. The van der Waals surface area contributed by atoms with Crippen molar-refractivity contribution in [2.24, 2.45) is 0 Å². The van der Waals surface area contributed by atoms with Crippen LogP contribution in [0.3, 0.4) is 0 Å². The number of carboxylic acids is 1. The topological polar surface area (TPSA) is 91.7 Å². The van der Waals surface area contributed by atoms with Gasteiger partial charge in [-0.3, -0.25) is 4.98 Å². The van der Waals surface area contributed by atoms with Crippen LogP contribution >= 0.6 is 11.8 Å². The normalized spacial score (nSPS) is 16.2. The van der Waals surface area contributed by atoms with Gasteiger partial charge in [-0.25, -0.2) is 4.79 Å². The number of nitrogens with one attached hydrogen (secondary N) is 1. The molecule has 0 fully saturated rings. The molecule has 31 heavy (non-hydrogen) atoms. The maximum atomic E-state index is 11.2. The van der Waals surface area contributed by atoms with E-state index in [1.807, 2.05) is 30.3 Å². The molecule has 1 aliphatic rings. The van der Waals surface area contributed by atoms with Gasteiger partial charge in [0.25, 0.3) is 0 Å². The van der Waals surface area contributed by atoms with Crippen molar-refractivity contribution in [1.29, 1.82) is 0 Å². The van der Waals surface area contributed by atoms with Crippen LogP contribution in [0.25, 0.3) is 0 Å². The number of pyridine rings is 1. The number of carboxylic acid groups (broad SMARTS) is 1. The third-order valence-corrected chi connectivity index (χ3v) is 6.14. The summed E-state index contributed by atoms with van der Waals surface area (Å²) < 4.78 is 6.13. The highest BCUT2D eigenvalue weighted by atomic mass is 32.2. The summed E-state index contributed by atoms with van der Waals surface area (Å²) in [5, 5.41) is 22.7.